The Bertz CT molecular complexity index is 517. The van der Waals surface area contributed by atoms with Crippen LogP contribution in [0.15, 0.2) is 24.3 Å². The molecular formula is C16H23N3O4. The van der Waals surface area contributed by atoms with Crippen molar-refractivity contribution in [3.05, 3.63) is 35.4 Å². The van der Waals surface area contributed by atoms with Gasteiger partial charge in [-0.1, -0.05) is 29.8 Å². The number of benzene rings is 1. The Morgan fingerprint density at radius 3 is 2.52 bits per heavy atom. The van der Waals surface area contributed by atoms with E-state index in [1.807, 2.05) is 31.2 Å². The maximum atomic E-state index is 12.1. The van der Waals surface area contributed by atoms with Crippen molar-refractivity contribution < 1.29 is 19.5 Å². The summed E-state index contributed by atoms with van der Waals surface area (Å²) in [5.74, 6) is -0.351. The first-order chi connectivity index (χ1) is 11.0. The summed E-state index contributed by atoms with van der Waals surface area (Å²) in [5, 5.41) is 16.3. The smallest absolute Gasteiger partial charge is 0.405 e. The van der Waals surface area contributed by atoms with Gasteiger partial charge in [0.25, 0.3) is 0 Å². The molecule has 0 heterocycles. The van der Waals surface area contributed by atoms with Crippen LogP contribution in [0.2, 0.25) is 0 Å². The number of hydrogen-bond donors (Lipinski definition) is 4. The van der Waals surface area contributed by atoms with Crippen LogP contribution in [0.25, 0.3) is 0 Å². The summed E-state index contributed by atoms with van der Waals surface area (Å²) in [5.41, 5.74) is 2.09. The fourth-order valence-corrected chi connectivity index (χ4v) is 2.07. The lowest BCUT2D eigenvalue weighted by atomic mass is 10.1. The Kier molecular flexibility index (Phi) is 8.20. The first-order valence-electron chi connectivity index (χ1n) is 7.52. The van der Waals surface area contributed by atoms with Crippen molar-refractivity contribution in [3.8, 4) is 0 Å². The average Bonchev–Trinajstić information content (AvgIpc) is 2.52. The molecule has 0 unspecified atom stereocenters. The van der Waals surface area contributed by atoms with E-state index < -0.39 is 12.1 Å². The highest BCUT2D eigenvalue weighted by molar-refractivity contribution is 5.85. The number of carbonyl (C=O) groups excluding carboxylic acids is 2. The van der Waals surface area contributed by atoms with Crippen molar-refractivity contribution in [2.24, 2.45) is 0 Å². The third kappa shape index (κ3) is 7.85. The molecule has 0 bridgehead atoms. The summed E-state index contributed by atoms with van der Waals surface area (Å²) in [6, 6.07) is 6.94. The van der Waals surface area contributed by atoms with Gasteiger partial charge in [-0.05, 0) is 31.7 Å². The lowest BCUT2D eigenvalue weighted by Gasteiger charge is -2.16. The highest BCUT2D eigenvalue weighted by atomic mass is 16.4. The SMILES string of the molecule is Cc1ccc(CNC(=O)[C@H](CCCCNC=O)NC(=O)O)cc1. The first-order valence-corrected chi connectivity index (χ1v) is 7.52. The van der Waals surface area contributed by atoms with Gasteiger partial charge in [0.05, 0.1) is 0 Å². The molecule has 0 spiro atoms. The van der Waals surface area contributed by atoms with E-state index in [0.717, 1.165) is 11.1 Å². The van der Waals surface area contributed by atoms with Crippen LogP contribution in [0.5, 0.6) is 0 Å². The maximum Gasteiger partial charge on any atom is 0.405 e. The van der Waals surface area contributed by atoms with E-state index >= 15 is 0 Å². The predicted octanol–water partition coefficient (Wildman–Crippen LogP) is 1.16. The van der Waals surface area contributed by atoms with Crippen LogP contribution < -0.4 is 16.0 Å². The van der Waals surface area contributed by atoms with E-state index in [0.29, 0.717) is 38.8 Å². The molecule has 3 amide bonds. The van der Waals surface area contributed by atoms with Gasteiger partial charge in [-0.3, -0.25) is 9.59 Å². The number of nitrogens with one attached hydrogen (secondary N) is 3. The van der Waals surface area contributed by atoms with Crippen molar-refractivity contribution >= 4 is 18.4 Å². The average molecular weight is 321 g/mol. The van der Waals surface area contributed by atoms with Gasteiger partial charge < -0.3 is 21.1 Å². The summed E-state index contributed by atoms with van der Waals surface area (Å²) < 4.78 is 0. The van der Waals surface area contributed by atoms with Gasteiger partial charge in [-0.15, -0.1) is 0 Å². The quantitative estimate of drug-likeness (QED) is 0.383. The number of hydrogen-bond acceptors (Lipinski definition) is 3. The highest BCUT2D eigenvalue weighted by Gasteiger charge is 2.19. The fourth-order valence-electron chi connectivity index (χ4n) is 2.07. The number of amides is 3. The van der Waals surface area contributed by atoms with Gasteiger partial charge in [0.1, 0.15) is 6.04 Å². The zero-order valence-electron chi connectivity index (χ0n) is 13.2. The number of rotatable bonds is 10. The van der Waals surface area contributed by atoms with E-state index in [1.54, 1.807) is 0 Å². The molecule has 1 rings (SSSR count). The molecule has 0 aliphatic rings. The Morgan fingerprint density at radius 1 is 1.22 bits per heavy atom. The third-order valence-corrected chi connectivity index (χ3v) is 3.35. The summed E-state index contributed by atoms with van der Waals surface area (Å²) in [4.78, 5) is 33.1. The first kappa shape index (κ1) is 18.5. The topological polar surface area (TPSA) is 108 Å². The van der Waals surface area contributed by atoms with Crippen LogP contribution >= 0.6 is 0 Å². The Labute approximate surface area is 135 Å². The minimum Gasteiger partial charge on any atom is -0.465 e. The lowest BCUT2D eigenvalue weighted by molar-refractivity contribution is -0.123. The van der Waals surface area contributed by atoms with Crippen molar-refractivity contribution in [2.75, 3.05) is 6.54 Å². The molecule has 23 heavy (non-hydrogen) atoms. The number of unbranched alkanes of at least 4 members (excludes halogenated alkanes) is 1. The summed E-state index contributed by atoms with van der Waals surface area (Å²) in [7, 11) is 0. The van der Waals surface area contributed by atoms with Crippen molar-refractivity contribution in [2.45, 2.75) is 38.8 Å². The zero-order chi connectivity index (χ0) is 17.1. The van der Waals surface area contributed by atoms with Crippen LogP contribution in [0.3, 0.4) is 0 Å². The molecule has 1 atom stereocenters. The van der Waals surface area contributed by atoms with Gasteiger partial charge >= 0.3 is 6.09 Å². The molecule has 0 aliphatic carbocycles. The number of carboxylic acid groups (broad SMARTS) is 1. The van der Waals surface area contributed by atoms with Crippen LogP contribution in [-0.4, -0.2) is 36.1 Å². The van der Waals surface area contributed by atoms with Gasteiger partial charge in [-0.25, -0.2) is 4.79 Å². The molecule has 0 saturated heterocycles. The largest absolute Gasteiger partial charge is 0.465 e. The van der Waals surface area contributed by atoms with Crippen molar-refractivity contribution in [3.63, 3.8) is 0 Å². The fraction of sp³-hybridized carbons (Fsp3) is 0.438. The molecule has 0 aromatic heterocycles. The Hall–Kier alpha value is -2.57. The van der Waals surface area contributed by atoms with E-state index in [2.05, 4.69) is 16.0 Å². The van der Waals surface area contributed by atoms with E-state index in [9.17, 15) is 14.4 Å². The predicted molar refractivity (Wildman–Crippen MR) is 85.9 cm³/mol. The number of carbonyl (C=O) groups is 3. The third-order valence-electron chi connectivity index (χ3n) is 3.35. The normalized spacial score (nSPS) is 11.3. The van der Waals surface area contributed by atoms with E-state index in [-0.39, 0.29) is 5.91 Å². The molecule has 0 radical (unpaired) electrons. The molecule has 1 aromatic carbocycles. The number of aryl methyl sites for hydroxylation is 1. The molecule has 1 aromatic rings. The van der Waals surface area contributed by atoms with Gasteiger partial charge in [0.2, 0.25) is 12.3 Å². The second-order valence-electron chi connectivity index (χ2n) is 5.27. The zero-order valence-corrected chi connectivity index (χ0v) is 13.2. The van der Waals surface area contributed by atoms with E-state index in [4.69, 9.17) is 5.11 Å². The Morgan fingerprint density at radius 2 is 1.91 bits per heavy atom. The van der Waals surface area contributed by atoms with Crippen LogP contribution in [0.1, 0.15) is 30.4 Å². The summed E-state index contributed by atoms with van der Waals surface area (Å²) in [6.45, 7) is 2.84. The van der Waals surface area contributed by atoms with Crippen LogP contribution in [0.4, 0.5) is 4.79 Å². The second-order valence-corrected chi connectivity index (χ2v) is 5.27. The maximum absolute atomic E-state index is 12.1. The van der Waals surface area contributed by atoms with Crippen LogP contribution in [-0.2, 0) is 16.1 Å². The van der Waals surface area contributed by atoms with Gasteiger partial charge in [0, 0.05) is 13.1 Å². The van der Waals surface area contributed by atoms with Gasteiger partial charge in [-0.2, -0.15) is 0 Å². The van der Waals surface area contributed by atoms with Crippen molar-refractivity contribution in [1.29, 1.82) is 0 Å². The lowest BCUT2D eigenvalue weighted by Crippen LogP contribution is -2.46. The van der Waals surface area contributed by atoms with E-state index in [1.165, 1.54) is 0 Å². The molecule has 0 saturated carbocycles. The molecule has 7 nitrogen and oxygen atoms in total. The van der Waals surface area contributed by atoms with Crippen LogP contribution in [0, 0.1) is 6.92 Å². The standard InChI is InChI=1S/C16H23N3O4/c1-12-5-7-13(8-6-12)10-18-15(21)14(19-16(22)23)4-2-3-9-17-11-20/h5-8,11,14,19H,2-4,9-10H2,1H3,(H,17,20)(H,18,21)(H,22,23)/t14-/m0/s1. The molecule has 7 heteroatoms. The van der Waals surface area contributed by atoms with Gasteiger partial charge in [0.15, 0.2) is 0 Å². The van der Waals surface area contributed by atoms with Crippen molar-refractivity contribution in [1.82, 2.24) is 16.0 Å². The molecular weight excluding hydrogens is 298 g/mol. The molecule has 4 N–H and O–H groups in total. The highest BCUT2D eigenvalue weighted by Crippen LogP contribution is 2.04. The monoisotopic (exact) mass is 321 g/mol. The Balaban J connectivity index is 2.45. The molecule has 126 valence electrons. The molecule has 0 aliphatic heterocycles. The minimum atomic E-state index is -1.23. The summed E-state index contributed by atoms with van der Waals surface area (Å²) >= 11 is 0. The molecule has 0 fully saturated rings. The minimum absolute atomic E-state index is 0.351. The summed E-state index contributed by atoms with van der Waals surface area (Å²) in [6.07, 6.45) is 1.07. The second kappa shape index (κ2) is 10.2.